The van der Waals surface area contributed by atoms with Crippen molar-refractivity contribution in [2.75, 3.05) is 12.4 Å². The second-order valence-electron chi connectivity index (χ2n) is 6.61. The average Bonchev–Trinajstić information content (AvgIpc) is 3.07. The van der Waals surface area contributed by atoms with Crippen LogP contribution in [0.1, 0.15) is 6.42 Å². The van der Waals surface area contributed by atoms with E-state index >= 15 is 0 Å². The molecular weight excluding hydrogens is 349 g/mol. The number of carbonyl (C=O) groups is 1. The number of hydrogen-bond donors (Lipinski definition) is 2. The summed E-state index contributed by atoms with van der Waals surface area (Å²) in [5, 5.41) is 7.90. The van der Waals surface area contributed by atoms with E-state index in [0.717, 1.165) is 33.4 Å². The lowest BCUT2D eigenvalue weighted by molar-refractivity contribution is -0.117. The van der Waals surface area contributed by atoms with E-state index in [2.05, 4.69) is 20.4 Å². The molecule has 0 bridgehead atoms. The van der Waals surface area contributed by atoms with Gasteiger partial charge >= 0.3 is 0 Å². The maximum atomic E-state index is 13.0. The quantitative estimate of drug-likeness (QED) is 0.582. The number of pyridine rings is 2. The summed E-state index contributed by atoms with van der Waals surface area (Å²) in [4.78, 5) is 19.4. The van der Waals surface area contributed by atoms with E-state index in [0.29, 0.717) is 5.82 Å². The summed E-state index contributed by atoms with van der Waals surface area (Å²) in [6.45, 7) is 0. The molecule has 1 aliphatic carbocycles. The molecule has 8 heteroatoms. The van der Waals surface area contributed by atoms with Crippen LogP contribution >= 0.6 is 0 Å². The van der Waals surface area contributed by atoms with Crippen LogP contribution in [0.3, 0.4) is 0 Å². The summed E-state index contributed by atoms with van der Waals surface area (Å²) < 4.78 is 20.3. The minimum atomic E-state index is -1.03. The fourth-order valence-corrected chi connectivity index (χ4v) is 3.29. The monoisotopic (exact) mass is 365 g/mol. The molecule has 0 spiro atoms. The first-order valence-electron chi connectivity index (χ1n) is 8.59. The molecule has 0 aromatic carbocycles. The van der Waals surface area contributed by atoms with Crippen LogP contribution in [0.5, 0.6) is 5.75 Å². The SMILES string of the molecule is COc1c(-c2ccn3nc(NC(=O)[C@@H]4C[C@@H]4F)cc3c2)cnc2[nH]ccc12. The number of aromatic nitrogens is 4. The summed E-state index contributed by atoms with van der Waals surface area (Å²) in [5.74, 6) is 0.271. The molecule has 1 amide bonds. The van der Waals surface area contributed by atoms with Crippen LogP contribution in [0.15, 0.2) is 42.9 Å². The number of H-pyrrole nitrogens is 1. The van der Waals surface area contributed by atoms with Crippen molar-refractivity contribution in [1.82, 2.24) is 19.6 Å². The number of carbonyl (C=O) groups excluding carboxylic acids is 1. The van der Waals surface area contributed by atoms with Crippen LogP contribution in [0, 0.1) is 5.92 Å². The lowest BCUT2D eigenvalue weighted by Crippen LogP contribution is -2.15. The van der Waals surface area contributed by atoms with Gasteiger partial charge in [0.05, 0.1) is 23.9 Å². The van der Waals surface area contributed by atoms with Crippen molar-refractivity contribution in [3.8, 4) is 16.9 Å². The van der Waals surface area contributed by atoms with Gasteiger partial charge in [0.15, 0.2) is 5.82 Å². The number of rotatable bonds is 4. The molecule has 4 heterocycles. The van der Waals surface area contributed by atoms with Crippen LogP contribution in [0.2, 0.25) is 0 Å². The maximum absolute atomic E-state index is 13.0. The highest BCUT2D eigenvalue weighted by Gasteiger charge is 2.43. The summed E-state index contributed by atoms with van der Waals surface area (Å²) in [5.41, 5.74) is 3.33. The van der Waals surface area contributed by atoms with Crippen LogP contribution in [0.4, 0.5) is 10.2 Å². The number of hydrogen-bond acceptors (Lipinski definition) is 4. The van der Waals surface area contributed by atoms with Gasteiger partial charge in [-0.2, -0.15) is 5.10 Å². The topological polar surface area (TPSA) is 84.3 Å². The van der Waals surface area contributed by atoms with E-state index in [1.165, 1.54) is 0 Å². The highest BCUT2D eigenvalue weighted by atomic mass is 19.1. The standard InChI is InChI=1S/C19H16FN5O2/c1-27-17-12-2-4-21-18(12)22-9-14(17)10-3-5-25-11(6-10)7-16(24-25)23-19(26)13-8-15(13)20/h2-7,9,13,15H,8H2,1H3,(H,21,22)(H,23,24,26)/t13-,15+/m1/s1. The Hall–Kier alpha value is -3.42. The molecule has 0 radical (unpaired) electrons. The van der Waals surface area contributed by atoms with Crippen LogP contribution < -0.4 is 10.1 Å². The number of amides is 1. The van der Waals surface area contributed by atoms with E-state index in [-0.39, 0.29) is 12.3 Å². The smallest absolute Gasteiger partial charge is 0.231 e. The van der Waals surface area contributed by atoms with Crippen molar-refractivity contribution in [2.24, 2.45) is 5.92 Å². The first kappa shape index (κ1) is 15.8. The molecule has 0 unspecified atom stereocenters. The third-order valence-corrected chi connectivity index (χ3v) is 4.82. The average molecular weight is 365 g/mol. The number of nitrogens with one attached hydrogen (secondary N) is 2. The third kappa shape index (κ3) is 2.61. The van der Waals surface area contributed by atoms with Gasteiger partial charge in [0.25, 0.3) is 0 Å². The van der Waals surface area contributed by atoms with Gasteiger partial charge in [-0.1, -0.05) is 0 Å². The third-order valence-electron chi connectivity index (χ3n) is 4.82. The molecule has 2 N–H and O–H groups in total. The Kier molecular flexibility index (Phi) is 3.40. The van der Waals surface area contributed by atoms with Gasteiger partial charge < -0.3 is 15.0 Å². The largest absolute Gasteiger partial charge is 0.495 e. The zero-order chi connectivity index (χ0) is 18.5. The van der Waals surface area contributed by atoms with Crippen molar-refractivity contribution in [1.29, 1.82) is 0 Å². The van der Waals surface area contributed by atoms with Gasteiger partial charge in [-0.05, 0) is 30.2 Å². The Balaban J connectivity index is 1.52. The number of methoxy groups -OCH3 is 1. The molecule has 2 atom stereocenters. The number of aromatic amines is 1. The number of nitrogens with zero attached hydrogens (tertiary/aromatic N) is 3. The summed E-state index contributed by atoms with van der Waals surface area (Å²) in [7, 11) is 1.63. The lowest BCUT2D eigenvalue weighted by Gasteiger charge is -2.09. The minimum absolute atomic E-state index is 0.289. The Morgan fingerprint density at radius 3 is 3.04 bits per heavy atom. The van der Waals surface area contributed by atoms with E-state index < -0.39 is 12.1 Å². The zero-order valence-electron chi connectivity index (χ0n) is 14.4. The van der Waals surface area contributed by atoms with Crippen molar-refractivity contribution in [2.45, 2.75) is 12.6 Å². The Morgan fingerprint density at radius 2 is 2.26 bits per heavy atom. The number of halogens is 1. The first-order chi connectivity index (χ1) is 13.1. The number of anilines is 1. The molecule has 1 saturated carbocycles. The Morgan fingerprint density at radius 1 is 1.41 bits per heavy atom. The van der Waals surface area contributed by atoms with Gasteiger partial charge in [0, 0.05) is 30.2 Å². The van der Waals surface area contributed by atoms with E-state index in [1.807, 2.05) is 24.4 Å². The highest BCUT2D eigenvalue weighted by Crippen LogP contribution is 2.36. The molecule has 27 heavy (non-hydrogen) atoms. The predicted molar refractivity (Wildman–Crippen MR) is 98.5 cm³/mol. The predicted octanol–water partition coefficient (Wildman–Crippen LogP) is 3.18. The first-order valence-corrected chi connectivity index (χ1v) is 8.59. The van der Waals surface area contributed by atoms with Crippen LogP contribution in [-0.2, 0) is 4.79 Å². The maximum Gasteiger partial charge on any atom is 0.231 e. The van der Waals surface area contributed by atoms with Crippen LogP contribution in [-0.4, -0.2) is 38.8 Å². The molecule has 1 fully saturated rings. The Labute approximate surface area is 153 Å². The van der Waals surface area contributed by atoms with Crippen molar-refractivity contribution < 1.29 is 13.9 Å². The number of ether oxygens (including phenoxy) is 1. The molecular formula is C19H16FN5O2. The molecule has 136 valence electrons. The van der Waals surface area contributed by atoms with Crippen molar-refractivity contribution in [3.05, 3.63) is 42.9 Å². The summed E-state index contributed by atoms with van der Waals surface area (Å²) in [6.07, 6.45) is 4.64. The van der Waals surface area contributed by atoms with Gasteiger partial charge in [0.2, 0.25) is 5.91 Å². The van der Waals surface area contributed by atoms with E-state index in [1.54, 1.807) is 30.1 Å². The highest BCUT2D eigenvalue weighted by molar-refractivity contribution is 5.95. The van der Waals surface area contributed by atoms with E-state index in [9.17, 15) is 9.18 Å². The molecule has 0 saturated heterocycles. The number of fused-ring (bicyclic) bond motifs is 2. The van der Waals surface area contributed by atoms with Crippen LogP contribution in [0.25, 0.3) is 27.7 Å². The Bertz CT molecular complexity index is 1180. The molecule has 7 nitrogen and oxygen atoms in total. The summed E-state index contributed by atoms with van der Waals surface area (Å²) in [6, 6.07) is 7.52. The fraction of sp³-hybridized carbons (Fsp3) is 0.211. The fourth-order valence-electron chi connectivity index (χ4n) is 3.29. The minimum Gasteiger partial charge on any atom is -0.495 e. The van der Waals surface area contributed by atoms with Gasteiger partial charge in [-0.25, -0.2) is 13.9 Å². The number of alkyl halides is 1. The normalized spacial score (nSPS) is 18.7. The molecule has 5 rings (SSSR count). The van der Waals surface area contributed by atoms with Crippen molar-refractivity contribution in [3.63, 3.8) is 0 Å². The lowest BCUT2D eigenvalue weighted by atomic mass is 10.1. The van der Waals surface area contributed by atoms with E-state index in [4.69, 9.17) is 4.74 Å². The zero-order valence-corrected chi connectivity index (χ0v) is 14.4. The molecule has 4 aromatic heterocycles. The van der Waals surface area contributed by atoms with Gasteiger partial charge in [-0.3, -0.25) is 4.79 Å². The van der Waals surface area contributed by atoms with Crippen molar-refractivity contribution >= 4 is 28.3 Å². The molecule has 4 aromatic rings. The van der Waals surface area contributed by atoms with Gasteiger partial charge in [0.1, 0.15) is 17.6 Å². The second-order valence-corrected chi connectivity index (χ2v) is 6.61. The molecule has 0 aliphatic heterocycles. The summed E-state index contributed by atoms with van der Waals surface area (Å²) >= 11 is 0. The molecule has 1 aliphatic rings. The van der Waals surface area contributed by atoms with Gasteiger partial charge in [-0.15, -0.1) is 0 Å². The second kappa shape index (κ2) is 5.80.